The van der Waals surface area contributed by atoms with Crippen LogP contribution in [0.15, 0.2) is 18.2 Å². The van der Waals surface area contributed by atoms with Crippen molar-refractivity contribution in [2.45, 2.75) is 56.5 Å². The van der Waals surface area contributed by atoms with Crippen LogP contribution in [0.5, 0.6) is 0 Å². The summed E-state index contributed by atoms with van der Waals surface area (Å²) in [6, 6.07) is 5.02. The Morgan fingerprint density at radius 3 is 2.38 bits per heavy atom. The summed E-state index contributed by atoms with van der Waals surface area (Å²) in [6.45, 7) is 0. The third-order valence-corrected chi connectivity index (χ3v) is 5.30. The van der Waals surface area contributed by atoms with Crippen molar-refractivity contribution in [3.05, 3.63) is 34.6 Å². The molecule has 1 aromatic rings. The van der Waals surface area contributed by atoms with Crippen LogP contribution < -0.4 is 5.73 Å². The van der Waals surface area contributed by atoms with Crippen LogP contribution in [0.25, 0.3) is 0 Å². The fourth-order valence-corrected chi connectivity index (χ4v) is 3.72. The van der Waals surface area contributed by atoms with E-state index in [4.69, 9.17) is 17.3 Å². The Morgan fingerprint density at radius 1 is 1.24 bits per heavy atom. The van der Waals surface area contributed by atoms with Crippen molar-refractivity contribution in [3.8, 4) is 0 Å². The minimum Gasteiger partial charge on any atom is -0.326 e. The van der Waals surface area contributed by atoms with Crippen LogP contribution in [-0.4, -0.2) is 30.6 Å². The van der Waals surface area contributed by atoms with Gasteiger partial charge in [0.2, 0.25) is 0 Å². The fraction of sp³-hybridized carbons (Fsp3) is 0.647. The molecule has 1 aromatic carbocycles. The molecule has 0 saturated heterocycles. The Morgan fingerprint density at radius 2 is 1.86 bits per heavy atom. The summed E-state index contributed by atoms with van der Waals surface area (Å²) in [5.41, 5.74) is 7.52. The Hall–Kier alpha value is -0.640. The van der Waals surface area contributed by atoms with Crippen molar-refractivity contribution in [1.29, 1.82) is 0 Å². The number of nitrogens with zero attached hydrogens (tertiary/aromatic N) is 1. The zero-order chi connectivity index (χ0) is 15.5. The van der Waals surface area contributed by atoms with Gasteiger partial charge in [-0.25, -0.2) is 4.39 Å². The summed E-state index contributed by atoms with van der Waals surface area (Å²) >= 11 is 5.75. The van der Waals surface area contributed by atoms with E-state index in [0.717, 1.165) is 18.4 Å². The summed E-state index contributed by atoms with van der Waals surface area (Å²) in [7, 11) is 4.24. The molecular weight excluding hydrogens is 287 g/mol. The van der Waals surface area contributed by atoms with Crippen LogP contribution in [-0.2, 0) is 6.42 Å². The molecule has 0 heterocycles. The largest absolute Gasteiger partial charge is 0.326 e. The molecule has 0 aliphatic heterocycles. The Balaban J connectivity index is 2.17. The predicted octanol–water partition coefficient (Wildman–Crippen LogP) is 4.00. The lowest BCUT2D eigenvalue weighted by atomic mass is 9.79. The molecule has 0 aromatic heterocycles. The minimum atomic E-state index is -0.360. The molecule has 21 heavy (non-hydrogen) atoms. The smallest absolute Gasteiger partial charge is 0.142 e. The SMILES string of the molecule is CN(C)C1(C(N)Cc2ccc(Cl)c(F)c2)CCCCCC1. The van der Waals surface area contributed by atoms with Crippen molar-refractivity contribution in [2.24, 2.45) is 5.73 Å². The molecule has 0 radical (unpaired) electrons. The summed E-state index contributed by atoms with van der Waals surface area (Å²) < 4.78 is 13.6. The first-order chi connectivity index (χ1) is 9.95. The van der Waals surface area contributed by atoms with Gasteiger partial charge in [-0.2, -0.15) is 0 Å². The number of hydrogen-bond donors (Lipinski definition) is 1. The van der Waals surface area contributed by atoms with Crippen LogP contribution in [0, 0.1) is 5.82 Å². The van der Waals surface area contributed by atoms with Crippen molar-refractivity contribution in [2.75, 3.05) is 14.1 Å². The first-order valence-electron chi connectivity index (χ1n) is 7.82. The molecule has 1 aliphatic carbocycles. The molecule has 1 aliphatic rings. The van der Waals surface area contributed by atoms with Crippen molar-refractivity contribution < 1.29 is 4.39 Å². The van der Waals surface area contributed by atoms with E-state index in [-0.39, 0.29) is 22.4 Å². The van der Waals surface area contributed by atoms with E-state index in [1.165, 1.54) is 31.7 Å². The molecule has 2 rings (SSSR count). The zero-order valence-electron chi connectivity index (χ0n) is 13.0. The monoisotopic (exact) mass is 312 g/mol. The second-order valence-corrected chi connectivity index (χ2v) is 6.88. The molecule has 1 fully saturated rings. The van der Waals surface area contributed by atoms with Crippen molar-refractivity contribution >= 4 is 11.6 Å². The van der Waals surface area contributed by atoms with Gasteiger partial charge in [0.15, 0.2) is 0 Å². The maximum atomic E-state index is 13.6. The highest BCUT2D eigenvalue weighted by molar-refractivity contribution is 6.30. The topological polar surface area (TPSA) is 29.3 Å². The normalized spacial score (nSPS) is 20.3. The molecule has 0 amide bonds. The first kappa shape index (κ1) is 16.7. The van der Waals surface area contributed by atoms with Gasteiger partial charge in [0, 0.05) is 11.6 Å². The lowest BCUT2D eigenvalue weighted by Crippen LogP contribution is -2.58. The van der Waals surface area contributed by atoms with Crippen LogP contribution in [0.4, 0.5) is 4.39 Å². The van der Waals surface area contributed by atoms with Gasteiger partial charge in [-0.05, 0) is 51.1 Å². The molecule has 2 N–H and O–H groups in total. The highest BCUT2D eigenvalue weighted by Crippen LogP contribution is 2.34. The number of benzene rings is 1. The lowest BCUT2D eigenvalue weighted by molar-refractivity contribution is 0.0968. The first-order valence-corrected chi connectivity index (χ1v) is 8.20. The fourth-order valence-electron chi connectivity index (χ4n) is 3.60. The van der Waals surface area contributed by atoms with Crippen LogP contribution in [0.2, 0.25) is 5.02 Å². The summed E-state index contributed by atoms with van der Waals surface area (Å²) in [5, 5.41) is 0.170. The summed E-state index contributed by atoms with van der Waals surface area (Å²) in [4.78, 5) is 2.29. The summed E-state index contributed by atoms with van der Waals surface area (Å²) in [6.07, 6.45) is 7.96. The molecular formula is C17H26ClFN2. The van der Waals surface area contributed by atoms with Crippen LogP contribution >= 0.6 is 11.6 Å². The number of halogens is 2. The second kappa shape index (κ2) is 7.08. The van der Waals surface area contributed by atoms with E-state index >= 15 is 0 Å². The maximum Gasteiger partial charge on any atom is 0.142 e. The molecule has 1 unspecified atom stereocenters. The molecule has 1 atom stereocenters. The number of nitrogens with two attached hydrogens (primary N) is 1. The van der Waals surface area contributed by atoms with E-state index in [1.807, 2.05) is 6.07 Å². The van der Waals surface area contributed by atoms with E-state index in [2.05, 4.69) is 19.0 Å². The molecule has 2 nitrogen and oxygen atoms in total. The molecule has 118 valence electrons. The molecule has 0 spiro atoms. The van der Waals surface area contributed by atoms with E-state index in [9.17, 15) is 4.39 Å². The molecule has 4 heteroatoms. The van der Waals surface area contributed by atoms with Gasteiger partial charge in [-0.3, -0.25) is 0 Å². The van der Waals surface area contributed by atoms with Gasteiger partial charge >= 0.3 is 0 Å². The lowest BCUT2D eigenvalue weighted by Gasteiger charge is -2.44. The van der Waals surface area contributed by atoms with Crippen LogP contribution in [0.1, 0.15) is 44.1 Å². The Bertz CT molecular complexity index is 468. The average Bonchev–Trinajstić information content (AvgIpc) is 2.69. The highest BCUT2D eigenvalue weighted by atomic mass is 35.5. The number of rotatable bonds is 4. The third-order valence-electron chi connectivity index (χ3n) is 4.99. The van der Waals surface area contributed by atoms with E-state index < -0.39 is 0 Å². The Kier molecular flexibility index (Phi) is 5.64. The minimum absolute atomic E-state index is 0.00572. The number of hydrogen-bond acceptors (Lipinski definition) is 2. The second-order valence-electron chi connectivity index (χ2n) is 6.47. The highest BCUT2D eigenvalue weighted by Gasteiger charge is 2.38. The average molecular weight is 313 g/mol. The van der Waals surface area contributed by atoms with Crippen LogP contribution in [0.3, 0.4) is 0 Å². The number of likely N-dealkylation sites (N-methyl/N-ethyl adjacent to an activating group) is 1. The predicted molar refractivity (Wildman–Crippen MR) is 87.2 cm³/mol. The van der Waals surface area contributed by atoms with Gasteiger partial charge in [-0.1, -0.05) is 43.4 Å². The van der Waals surface area contributed by atoms with Gasteiger partial charge in [0.05, 0.1) is 5.02 Å². The maximum absolute atomic E-state index is 13.6. The van der Waals surface area contributed by atoms with Gasteiger partial charge in [0.1, 0.15) is 5.82 Å². The van der Waals surface area contributed by atoms with Gasteiger partial charge < -0.3 is 10.6 Å². The van der Waals surface area contributed by atoms with Gasteiger partial charge in [-0.15, -0.1) is 0 Å². The van der Waals surface area contributed by atoms with E-state index in [0.29, 0.717) is 6.42 Å². The third kappa shape index (κ3) is 3.77. The standard InChI is InChI=1S/C17H26ClFN2/c1-21(2)17(9-5-3-4-6-10-17)16(20)12-13-7-8-14(18)15(19)11-13/h7-8,11,16H,3-6,9-10,12,20H2,1-2H3. The van der Waals surface area contributed by atoms with Crippen molar-refractivity contribution in [3.63, 3.8) is 0 Å². The molecule has 1 saturated carbocycles. The zero-order valence-corrected chi connectivity index (χ0v) is 13.8. The quantitative estimate of drug-likeness (QED) is 0.851. The van der Waals surface area contributed by atoms with Crippen molar-refractivity contribution in [1.82, 2.24) is 4.90 Å². The van der Waals surface area contributed by atoms with E-state index in [1.54, 1.807) is 6.07 Å². The summed E-state index contributed by atoms with van der Waals surface area (Å²) in [5.74, 6) is -0.360. The Labute approximate surface area is 132 Å². The molecule has 0 bridgehead atoms. The van der Waals surface area contributed by atoms with Gasteiger partial charge in [0.25, 0.3) is 0 Å².